The minimum absolute atomic E-state index is 0.255. The van der Waals surface area contributed by atoms with Crippen molar-refractivity contribution in [2.45, 2.75) is 19.4 Å². The van der Waals surface area contributed by atoms with Crippen molar-refractivity contribution in [3.05, 3.63) is 89.4 Å². The summed E-state index contributed by atoms with van der Waals surface area (Å²) in [5.74, 6) is -0.0708. The van der Waals surface area contributed by atoms with Crippen molar-refractivity contribution in [2.75, 3.05) is 13.7 Å². The van der Waals surface area contributed by atoms with E-state index in [1.54, 1.807) is 42.7 Å². The van der Waals surface area contributed by atoms with Crippen LogP contribution in [0.3, 0.4) is 0 Å². The molecule has 0 saturated heterocycles. The highest BCUT2D eigenvalue weighted by molar-refractivity contribution is 6.03. The Labute approximate surface area is 179 Å². The number of esters is 1. The van der Waals surface area contributed by atoms with Crippen molar-refractivity contribution >= 4 is 17.6 Å². The van der Waals surface area contributed by atoms with E-state index in [9.17, 15) is 9.59 Å². The van der Waals surface area contributed by atoms with Crippen molar-refractivity contribution in [1.82, 2.24) is 5.01 Å². The van der Waals surface area contributed by atoms with Gasteiger partial charge in [0.15, 0.2) is 6.61 Å². The smallest absolute Gasteiger partial charge is 0.342 e. The van der Waals surface area contributed by atoms with E-state index in [0.29, 0.717) is 17.9 Å². The third kappa shape index (κ3) is 4.35. The summed E-state index contributed by atoms with van der Waals surface area (Å²) in [6.07, 6.45) is 2.06. The van der Waals surface area contributed by atoms with Gasteiger partial charge < -0.3 is 13.9 Å². The molecule has 1 amide bonds. The Morgan fingerprint density at radius 1 is 1.10 bits per heavy atom. The zero-order chi connectivity index (χ0) is 21.8. The maximum absolute atomic E-state index is 12.9. The van der Waals surface area contributed by atoms with E-state index in [-0.39, 0.29) is 5.56 Å². The molecule has 31 heavy (non-hydrogen) atoms. The SMILES string of the molecule is COc1ccccc1C(=O)OCC(=O)N1N=C(c2ccc(C)cc2)CC1c1ccco1. The summed E-state index contributed by atoms with van der Waals surface area (Å²) in [5, 5.41) is 5.87. The Bertz CT molecular complexity index is 1100. The van der Waals surface area contributed by atoms with E-state index < -0.39 is 24.5 Å². The van der Waals surface area contributed by atoms with Crippen LogP contribution in [0.2, 0.25) is 0 Å². The van der Waals surface area contributed by atoms with Crippen LogP contribution in [0.4, 0.5) is 0 Å². The minimum Gasteiger partial charge on any atom is -0.496 e. The summed E-state index contributed by atoms with van der Waals surface area (Å²) in [4.78, 5) is 25.4. The number of furan rings is 1. The molecule has 2 heterocycles. The van der Waals surface area contributed by atoms with Crippen LogP contribution in [0.15, 0.2) is 76.4 Å². The van der Waals surface area contributed by atoms with E-state index in [1.807, 2.05) is 31.2 Å². The van der Waals surface area contributed by atoms with Crippen LogP contribution in [0.25, 0.3) is 0 Å². The van der Waals surface area contributed by atoms with Gasteiger partial charge in [-0.15, -0.1) is 0 Å². The van der Waals surface area contributed by atoms with Crippen molar-refractivity contribution in [3.8, 4) is 5.75 Å². The van der Waals surface area contributed by atoms with Gasteiger partial charge in [0.1, 0.15) is 23.1 Å². The number of aryl methyl sites for hydroxylation is 1. The molecular weight excluding hydrogens is 396 g/mol. The zero-order valence-corrected chi connectivity index (χ0v) is 17.3. The Morgan fingerprint density at radius 3 is 2.58 bits per heavy atom. The molecule has 7 nitrogen and oxygen atoms in total. The molecule has 1 aliphatic rings. The van der Waals surface area contributed by atoms with Crippen molar-refractivity contribution in [2.24, 2.45) is 5.10 Å². The summed E-state index contributed by atoms with van der Waals surface area (Å²) in [7, 11) is 1.47. The summed E-state index contributed by atoms with van der Waals surface area (Å²) in [6.45, 7) is 1.57. The molecule has 4 rings (SSSR count). The quantitative estimate of drug-likeness (QED) is 0.562. The van der Waals surface area contributed by atoms with E-state index in [1.165, 1.54) is 12.1 Å². The van der Waals surface area contributed by atoms with Gasteiger partial charge >= 0.3 is 5.97 Å². The number of carbonyl (C=O) groups excluding carboxylic acids is 2. The summed E-state index contributed by atoms with van der Waals surface area (Å²) >= 11 is 0. The lowest BCUT2D eigenvalue weighted by Gasteiger charge is -2.19. The molecule has 1 atom stereocenters. The Hall–Kier alpha value is -3.87. The highest BCUT2D eigenvalue weighted by atomic mass is 16.5. The molecular formula is C24H22N2O5. The number of hydrogen-bond acceptors (Lipinski definition) is 6. The van der Waals surface area contributed by atoms with Crippen LogP contribution in [-0.2, 0) is 9.53 Å². The Balaban J connectivity index is 1.52. The normalized spacial score (nSPS) is 15.5. The molecule has 0 spiro atoms. The highest BCUT2D eigenvalue weighted by Gasteiger charge is 2.35. The number of hydrazone groups is 1. The molecule has 0 N–H and O–H groups in total. The van der Waals surface area contributed by atoms with Gasteiger partial charge in [-0.3, -0.25) is 4.79 Å². The molecule has 2 aromatic carbocycles. The van der Waals surface area contributed by atoms with Gasteiger partial charge in [-0.2, -0.15) is 5.10 Å². The summed E-state index contributed by atoms with van der Waals surface area (Å²) in [5.41, 5.74) is 3.10. The summed E-state index contributed by atoms with van der Waals surface area (Å²) < 4.78 is 16.0. The summed E-state index contributed by atoms with van der Waals surface area (Å²) in [6, 6.07) is 17.8. The third-order valence-electron chi connectivity index (χ3n) is 5.08. The molecule has 0 bridgehead atoms. The fourth-order valence-corrected chi connectivity index (χ4v) is 3.45. The molecule has 1 unspecified atom stereocenters. The Kier molecular flexibility index (Phi) is 5.84. The largest absolute Gasteiger partial charge is 0.496 e. The van der Waals surface area contributed by atoms with Gasteiger partial charge in [0.2, 0.25) is 0 Å². The number of hydrogen-bond donors (Lipinski definition) is 0. The number of carbonyl (C=O) groups is 2. The van der Waals surface area contributed by atoms with E-state index in [4.69, 9.17) is 13.9 Å². The van der Waals surface area contributed by atoms with Gasteiger partial charge in [0.05, 0.1) is 19.1 Å². The predicted molar refractivity (Wildman–Crippen MR) is 114 cm³/mol. The number of nitrogens with zero attached hydrogens (tertiary/aromatic N) is 2. The molecule has 0 radical (unpaired) electrons. The molecule has 7 heteroatoms. The Morgan fingerprint density at radius 2 is 1.87 bits per heavy atom. The first-order chi connectivity index (χ1) is 15.1. The van der Waals surface area contributed by atoms with Crippen LogP contribution < -0.4 is 4.74 Å². The van der Waals surface area contributed by atoms with Gasteiger partial charge in [0, 0.05) is 6.42 Å². The zero-order valence-electron chi connectivity index (χ0n) is 17.3. The van der Waals surface area contributed by atoms with Gasteiger partial charge in [-0.05, 0) is 36.8 Å². The molecule has 3 aromatic rings. The maximum Gasteiger partial charge on any atom is 0.342 e. The molecule has 1 aromatic heterocycles. The lowest BCUT2D eigenvalue weighted by atomic mass is 10.0. The fraction of sp³-hybridized carbons (Fsp3) is 0.208. The minimum atomic E-state index is -0.637. The number of methoxy groups -OCH3 is 1. The monoisotopic (exact) mass is 418 g/mol. The number of benzene rings is 2. The van der Waals surface area contributed by atoms with Gasteiger partial charge in [-0.25, -0.2) is 9.80 Å². The molecule has 0 aliphatic carbocycles. The van der Waals surface area contributed by atoms with E-state index >= 15 is 0 Å². The average molecular weight is 418 g/mol. The molecule has 0 fully saturated rings. The van der Waals surface area contributed by atoms with Crippen LogP contribution >= 0.6 is 0 Å². The van der Waals surface area contributed by atoms with Crippen LogP contribution in [0.5, 0.6) is 5.75 Å². The lowest BCUT2D eigenvalue weighted by Crippen LogP contribution is -2.31. The average Bonchev–Trinajstić information content (AvgIpc) is 3.47. The number of rotatable bonds is 6. The van der Waals surface area contributed by atoms with Gasteiger partial charge in [-0.1, -0.05) is 42.0 Å². The lowest BCUT2D eigenvalue weighted by molar-refractivity contribution is -0.136. The molecule has 0 saturated carbocycles. The molecule has 158 valence electrons. The van der Waals surface area contributed by atoms with Crippen molar-refractivity contribution in [3.63, 3.8) is 0 Å². The third-order valence-corrected chi connectivity index (χ3v) is 5.08. The first kappa shape index (κ1) is 20.4. The maximum atomic E-state index is 12.9. The second-order valence-electron chi connectivity index (χ2n) is 7.16. The first-order valence-corrected chi connectivity index (χ1v) is 9.87. The second kappa shape index (κ2) is 8.87. The van der Waals surface area contributed by atoms with Crippen LogP contribution in [0, 0.1) is 6.92 Å². The second-order valence-corrected chi connectivity index (χ2v) is 7.16. The van der Waals surface area contributed by atoms with Crippen LogP contribution in [-0.4, -0.2) is 36.3 Å². The van der Waals surface area contributed by atoms with Crippen molar-refractivity contribution < 1.29 is 23.5 Å². The first-order valence-electron chi connectivity index (χ1n) is 9.87. The standard InChI is InChI=1S/C24H22N2O5/c1-16-9-11-17(12-10-16)19-14-20(22-8-5-13-30-22)26(25-19)23(27)15-31-24(28)18-6-3-4-7-21(18)29-2/h3-13,20H,14-15H2,1-2H3. The number of para-hydroxylation sites is 1. The number of amides is 1. The van der Waals surface area contributed by atoms with Gasteiger partial charge in [0.25, 0.3) is 5.91 Å². The predicted octanol–water partition coefficient (Wildman–Crippen LogP) is 4.13. The van der Waals surface area contributed by atoms with E-state index in [2.05, 4.69) is 5.10 Å². The number of ether oxygens (including phenoxy) is 2. The molecule has 1 aliphatic heterocycles. The fourth-order valence-electron chi connectivity index (χ4n) is 3.45. The van der Waals surface area contributed by atoms with Crippen LogP contribution in [0.1, 0.15) is 39.7 Å². The van der Waals surface area contributed by atoms with Crippen molar-refractivity contribution in [1.29, 1.82) is 0 Å². The van der Waals surface area contributed by atoms with E-state index in [0.717, 1.165) is 16.8 Å². The topological polar surface area (TPSA) is 81.3 Å². The highest BCUT2D eigenvalue weighted by Crippen LogP contribution is 2.33.